The molecule has 0 unspecified atom stereocenters. The summed E-state index contributed by atoms with van der Waals surface area (Å²) < 4.78 is 31.6. The van der Waals surface area contributed by atoms with Crippen molar-refractivity contribution in [2.45, 2.75) is 31.1 Å². The van der Waals surface area contributed by atoms with Gasteiger partial charge in [0.1, 0.15) is 11.6 Å². The van der Waals surface area contributed by atoms with Gasteiger partial charge >= 0.3 is 0 Å². The highest BCUT2D eigenvalue weighted by Crippen LogP contribution is 2.25. The first-order valence-electron chi connectivity index (χ1n) is 11.9. The van der Waals surface area contributed by atoms with E-state index in [0.717, 1.165) is 66.3 Å². The molecular formula is C26H29N5O3S. The van der Waals surface area contributed by atoms with Gasteiger partial charge in [-0.25, -0.2) is 23.4 Å². The molecule has 3 aromatic heterocycles. The number of sulfone groups is 1. The van der Waals surface area contributed by atoms with Gasteiger partial charge in [-0.2, -0.15) is 0 Å². The van der Waals surface area contributed by atoms with Crippen LogP contribution < -0.4 is 9.64 Å². The molecule has 0 N–H and O–H groups in total. The fourth-order valence-electron chi connectivity index (χ4n) is 4.36. The normalized spacial score (nSPS) is 15.0. The molecule has 8 nitrogen and oxygen atoms in total. The molecule has 1 fully saturated rings. The molecule has 182 valence electrons. The molecule has 35 heavy (non-hydrogen) atoms. The minimum Gasteiger partial charge on any atom is -0.492 e. The first-order valence-corrected chi connectivity index (χ1v) is 13.8. The topological polar surface area (TPSA) is 90.2 Å². The van der Waals surface area contributed by atoms with E-state index >= 15 is 0 Å². The van der Waals surface area contributed by atoms with Crippen LogP contribution in [0.5, 0.6) is 5.75 Å². The van der Waals surface area contributed by atoms with Crippen LogP contribution in [0.3, 0.4) is 0 Å². The maximum Gasteiger partial charge on any atom is 0.225 e. The van der Waals surface area contributed by atoms with Crippen molar-refractivity contribution in [1.82, 2.24) is 19.5 Å². The Hall–Kier alpha value is -3.46. The molecule has 0 spiro atoms. The van der Waals surface area contributed by atoms with Gasteiger partial charge in [0.05, 0.1) is 23.2 Å². The molecule has 1 aliphatic heterocycles. The predicted molar refractivity (Wildman–Crippen MR) is 136 cm³/mol. The number of piperidine rings is 1. The third-order valence-corrected chi connectivity index (χ3v) is 7.65. The van der Waals surface area contributed by atoms with Crippen LogP contribution in [0.25, 0.3) is 16.7 Å². The standard InChI is InChI=1S/C26H29N5O3S/c1-3-19-15-28-26(29-16-19)30-11-8-20(9-12-30)18-34-22-4-7-25(27-17-22)31-13-10-21-14-23(35(2,32)33)5-6-24(21)31/h4-7,10,13-17,20H,3,8-9,11-12,18H2,1-2H3. The Morgan fingerprint density at radius 3 is 2.43 bits per heavy atom. The molecule has 1 aromatic carbocycles. The molecule has 4 heterocycles. The average Bonchev–Trinajstić information content (AvgIpc) is 3.31. The number of ether oxygens (including phenoxy) is 1. The molecule has 0 aliphatic carbocycles. The first kappa shape index (κ1) is 23.3. The lowest BCUT2D eigenvalue weighted by atomic mass is 9.98. The van der Waals surface area contributed by atoms with Crippen LogP contribution in [-0.2, 0) is 16.3 Å². The van der Waals surface area contributed by atoms with E-state index in [4.69, 9.17) is 4.74 Å². The number of anilines is 1. The Bertz CT molecular complexity index is 1410. The minimum atomic E-state index is -3.24. The first-order chi connectivity index (χ1) is 16.9. The molecule has 5 rings (SSSR count). The maximum absolute atomic E-state index is 11.8. The summed E-state index contributed by atoms with van der Waals surface area (Å²) >= 11 is 0. The Kier molecular flexibility index (Phi) is 6.42. The third kappa shape index (κ3) is 5.14. The van der Waals surface area contributed by atoms with Gasteiger partial charge in [-0.1, -0.05) is 6.92 Å². The summed E-state index contributed by atoms with van der Waals surface area (Å²) in [5.74, 6) is 2.79. The molecule has 4 aromatic rings. The number of hydrogen-bond acceptors (Lipinski definition) is 7. The summed E-state index contributed by atoms with van der Waals surface area (Å²) in [4.78, 5) is 16.1. The zero-order chi connectivity index (χ0) is 24.4. The van der Waals surface area contributed by atoms with E-state index in [-0.39, 0.29) is 0 Å². The van der Waals surface area contributed by atoms with Crippen molar-refractivity contribution in [2.75, 3.05) is 30.9 Å². The Labute approximate surface area is 205 Å². The Morgan fingerprint density at radius 1 is 1.00 bits per heavy atom. The zero-order valence-electron chi connectivity index (χ0n) is 20.0. The fraction of sp³-hybridized carbons (Fsp3) is 0.346. The maximum atomic E-state index is 11.8. The average molecular weight is 492 g/mol. The van der Waals surface area contributed by atoms with Gasteiger partial charge in [-0.3, -0.25) is 0 Å². The number of fused-ring (bicyclic) bond motifs is 1. The second kappa shape index (κ2) is 9.65. The second-order valence-electron chi connectivity index (χ2n) is 9.02. The number of rotatable bonds is 7. The van der Waals surface area contributed by atoms with E-state index < -0.39 is 9.84 Å². The van der Waals surface area contributed by atoms with Crippen LogP contribution in [0, 0.1) is 5.92 Å². The van der Waals surface area contributed by atoms with Crippen molar-refractivity contribution < 1.29 is 13.2 Å². The van der Waals surface area contributed by atoms with Gasteiger partial charge in [0, 0.05) is 43.3 Å². The van der Waals surface area contributed by atoms with Crippen molar-refractivity contribution in [3.8, 4) is 11.6 Å². The van der Waals surface area contributed by atoms with Gasteiger partial charge < -0.3 is 14.2 Å². The monoisotopic (exact) mass is 491 g/mol. The van der Waals surface area contributed by atoms with Crippen molar-refractivity contribution in [3.63, 3.8) is 0 Å². The number of benzene rings is 1. The van der Waals surface area contributed by atoms with Crippen molar-refractivity contribution in [1.29, 1.82) is 0 Å². The fourth-order valence-corrected chi connectivity index (χ4v) is 5.02. The van der Waals surface area contributed by atoms with Gasteiger partial charge in [0.15, 0.2) is 9.84 Å². The van der Waals surface area contributed by atoms with Gasteiger partial charge in [-0.05, 0) is 67.1 Å². The second-order valence-corrected chi connectivity index (χ2v) is 11.0. The summed E-state index contributed by atoms with van der Waals surface area (Å²) in [6, 6.07) is 10.9. The molecule has 1 aliphatic rings. The highest BCUT2D eigenvalue weighted by atomic mass is 32.2. The number of aryl methyl sites for hydroxylation is 1. The number of aromatic nitrogens is 4. The number of pyridine rings is 1. The summed E-state index contributed by atoms with van der Waals surface area (Å²) in [5.41, 5.74) is 2.06. The highest BCUT2D eigenvalue weighted by Gasteiger charge is 2.21. The summed E-state index contributed by atoms with van der Waals surface area (Å²) in [7, 11) is -3.24. The van der Waals surface area contributed by atoms with E-state index in [2.05, 4.69) is 26.8 Å². The van der Waals surface area contributed by atoms with E-state index in [1.54, 1.807) is 18.3 Å². The smallest absolute Gasteiger partial charge is 0.225 e. The molecular weight excluding hydrogens is 462 g/mol. The summed E-state index contributed by atoms with van der Waals surface area (Å²) in [6.45, 7) is 4.62. The highest BCUT2D eigenvalue weighted by molar-refractivity contribution is 7.90. The van der Waals surface area contributed by atoms with E-state index in [0.29, 0.717) is 17.4 Å². The van der Waals surface area contributed by atoms with Crippen LogP contribution in [-0.4, -0.2) is 53.9 Å². The third-order valence-electron chi connectivity index (χ3n) is 6.54. The van der Waals surface area contributed by atoms with Gasteiger partial charge in [0.2, 0.25) is 5.95 Å². The van der Waals surface area contributed by atoms with Gasteiger partial charge in [0.25, 0.3) is 0 Å². The lowest BCUT2D eigenvalue weighted by Crippen LogP contribution is -2.36. The SMILES string of the molecule is CCc1cnc(N2CCC(COc3ccc(-n4ccc5cc(S(C)(=O)=O)ccc54)nc3)CC2)nc1. The number of nitrogens with zero attached hydrogens (tertiary/aromatic N) is 5. The lowest BCUT2D eigenvalue weighted by Gasteiger charge is -2.31. The van der Waals surface area contributed by atoms with E-state index in [1.807, 2.05) is 47.4 Å². The largest absolute Gasteiger partial charge is 0.492 e. The molecule has 0 saturated carbocycles. The van der Waals surface area contributed by atoms with Crippen LogP contribution >= 0.6 is 0 Å². The van der Waals surface area contributed by atoms with Crippen molar-refractivity contribution in [2.24, 2.45) is 5.92 Å². The molecule has 0 radical (unpaired) electrons. The zero-order valence-corrected chi connectivity index (χ0v) is 20.8. The van der Waals surface area contributed by atoms with Crippen molar-refractivity contribution in [3.05, 3.63) is 66.7 Å². The van der Waals surface area contributed by atoms with Crippen LogP contribution in [0.2, 0.25) is 0 Å². The molecule has 9 heteroatoms. The summed E-state index contributed by atoms with van der Waals surface area (Å²) in [5, 5.41) is 0.855. The van der Waals surface area contributed by atoms with Gasteiger partial charge in [-0.15, -0.1) is 0 Å². The lowest BCUT2D eigenvalue weighted by molar-refractivity contribution is 0.222. The predicted octanol–water partition coefficient (Wildman–Crippen LogP) is 4.08. The molecule has 0 bridgehead atoms. The van der Waals surface area contributed by atoms with E-state index in [1.165, 1.54) is 6.26 Å². The van der Waals surface area contributed by atoms with Crippen LogP contribution in [0.4, 0.5) is 5.95 Å². The van der Waals surface area contributed by atoms with Crippen LogP contribution in [0.1, 0.15) is 25.3 Å². The summed E-state index contributed by atoms with van der Waals surface area (Å²) in [6.07, 6.45) is 11.7. The quantitative estimate of drug-likeness (QED) is 0.385. The van der Waals surface area contributed by atoms with Crippen LogP contribution in [0.15, 0.2) is 66.1 Å². The Morgan fingerprint density at radius 2 is 1.77 bits per heavy atom. The minimum absolute atomic E-state index is 0.312. The Balaban J connectivity index is 1.17. The van der Waals surface area contributed by atoms with Crippen molar-refractivity contribution >= 4 is 26.7 Å². The van der Waals surface area contributed by atoms with E-state index in [9.17, 15) is 8.42 Å². The molecule has 1 saturated heterocycles. The number of hydrogen-bond donors (Lipinski definition) is 0. The molecule has 0 amide bonds. The molecule has 0 atom stereocenters.